The van der Waals surface area contributed by atoms with Gasteiger partial charge in [-0.25, -0.2) is 9.37 Å². The molecule has 3 heterocycles. The van der Waals surface area contributed by atoms with E-state index >= 15 is 0 Å². The Morgan fingerprint density at radius 1 is 1.06 bits per heavy atom. The predicted octanol–water partition coefficient (Wildman–Crippen LogP) is 4.81. The van der Waals surface area contributed by atoms with Crippen molar-refractivity contribution in [1.29, 1.82) is 0 Å². The molecule has 1 amide bonds. The fourth-order valence-electron chi connectivity index (χ4n) is 4.07. The highest BCUT2D eigenvalue weighted by molar-refractivity contribution is 6.08. The first-order chi connectivity index (χ1) is 16.5. The van der Waals surface area contributed by atoms with Crippen molar-refractivity contribution in [2.75, 3.05) is 17.2 Å². The molecule has 1 aliphatic rings. The summed E-state index contributed by atoms with van der Waals surface area (Å²) in [4.78, 5) is 33.1. The molecule has 0 bridgehead atoms. The molecule has 0 saturated carbocycles. The molecule has 0 radical (unpaired) electrons. The van der Waals surface area contributed by atoms with Crippen molar-refractivity contribution in [1.82, 2.24) is 15.3 Å². The van der Waals surface area contributed by atoms with Crippen LogP contribution >= 0.6 is 0 Å². The van der Waals surface area contributed by atoms with Crippen LogP contribution in [0, 0.1) is 12.7 Å². The smallest absolute Gasteiger partial charge is 0.257 e. The Hall–Kier alpha value is -4.30. The minimum atomic E-state index is -0.482. The predicted molar refractivity (Wildman–Crippen MR) is 129 cm³/mol. The van der Waals surface area contributed by atoms with Gasteiger partial charge >= 0.3 is 0 Å². The number of fused-ring (bicyclic) bond motifs is 1. The van der Waals surface area contributed by atoms with E-state index in [2.05, 4.69) is 25.9 Å². The van der Waals surface area contributed by atoms with E-state index in [9.17, 15) is 14.0 Å². The van der Waals surface area contributed by atoms with Crippen LogP contribution in [0.5, 0.6) is 0 Å². The second-order valence-corrected chi connectivity index (χ2v) is 8.09. The van der Waals surface area contributed by atoms with Crippen molar-refractivity contribution >= 4 is 28.9 Å². The van der Waals surface area contributed by atoms with Gasteiger partial charge in [-0.05, 0) is 48.9 Å². The quantitative estimate of drug-likeness (QED) is 0.346. The van der Waals surface area contributed by atoms with Crippen LogP contribution in [-0.2, 0) is 6.54 Å². The van der Waals surface area contributed by atoms with Crippen molar-refractivity contribution in [3.05, 3.63) is 95.1 Å². The van der Waals surface area contributed by atoms with E-state index in [1.165, 1.54) is 12.1 Å². The number of para-hydroxylation sites is 1. The zero-order chi connectivity index (χ0) is 23.7. The van der Waals surface area contributed by atoms with Crippen LogP contribution in [-0.4, -0.2) is 28.2 Å². The van der Waals surface area contributed by atoms with Gasteiger partial charge in [-0.15, -0.1) is 0 Å². The maximum Gasteiger partial charge on any atom is 0.257 e. The first kappa shape index (κ1) is 21.5. The third-order valence-corrected chi connectivity index (χ3v) is 5.72. The number of carbonyl (C=O) groups excluding carboxylic acids is 2. The lowest BCUT2D eigenvalue weighted by Gasteiger charge is -2.14. The Bertz CT molecular complexity index is 1400. The molecule has 5 rings (SSSR count). The zero-order valence-corrected chi connectivity index (χ0v) is 18.4. The number of aromatic amines is 1. The number of Topliss-reactive ketones (excluding diaryl/α,β-unsaturated/α-hetero) is 1. The minimum absolute atomic E-state index is 0.00802. The number of pyridine rings is 1. The highest BCUT2D eigenvalue weighted by atomic mass is 19.1. The van der Waals surface area contributed by atoms with Gasteiger partial charge in [0.2, 0.25) is 0 Å². The molecule has 2 aromatic heterocycles. The summed E-state index contributed by atoms with van der Waals surface area (Å²) in [5.74, 6) is -0.626. The fraction of sp³-hybridized carbons (Fsp3) is 0.115. The molecule has 1 aliphatic heterocycles. The van der Waals surface area contributed by atoms with E-state index in [0.29, 0.717) is 34.9 Å². The number of anilines is 3. The number of amides is 1. The Labute approximate surface area is 195 Å². The topological polar surface area (TPSA) is 98.9 Å². The summed E-state index contributed by atoms with van der Waals surface area (Å²) in [6.45, 7) is 2.55. The Morgan fingerprint density at radius 3 is 2.71 bits per heavy atom. The molecule has 34 heavy (non-hydrogen) atoms. The van der Waals surface area contributed by atoms with Crippen molar-refractivity contribution in [2.24, 2.45) is 0 Å². The molecule has 0 saturated heterocycles. The molecule has 4 N–H and O–H groups in total. The van der Waals surface area contributed by atoms with Crippen LogP contribution < -0.4 is 16.0 Å². The SMILES string of the molecule is Cc1ccc(F)cc1C(=O)Nc1cc(-c2[nH]c3c(c2Nc2ccccc2)C(=O)CNC3)ccn1. The minimum Gasteiger partial charge on any atom is -0.355 e. The lowest BCUT2D eigenvalue weighted by Crippen LogP contribution is -2.29. The number of aryl methyl sites for hydroxylation is 1. The van der Waals surface area contributed by atoms with Gasteiger partial charge in [0.25, 0.3) is 5.91 Å². The van der Waals surface area contributed by atoms with E-state index in [1.807, 2.05) is 30.3 Å². The van der Waals surface area contributed by atoms with Gasteiger partial charge in [-0.3, -0.25) is 9.59 Å². The van der Waals surface area contributed by atoms with Gasteiger partial charge in [0, 0.05) is 35.2 Å². The molecule has 8 heteroatoms. The summed E-state index contributed by atoms with van der Waals surface area (Å²) in [5.41, 5.74) is 5.29. The van der Waals surface area contributed by atoms with Crippen LogP contribution in [0.3, 0.4) is 0 Å². The van der Waals surface area contributed by atoms with E-state index in [4.69, 9.17) is 0 Å². The molecule has 0 aliphatic carbocycles. The van der Waals surface area contributed by atoms with Gasteiger partial charge < -0.3 is 20.9 Å². The molecule has 0 spiro atoms. The lowest BCUT2D eigenvalue weighted by molar-refractivity contribution is 0.0981. The van der Waals surface area contributed by atoms with Gasteiger partial charge in [-0.1, -0.05) is 24.3 Å². The van der Waals surface area contributed by atoms with Crippen molar-refractivity contribution in [2.45, 2.75) is 13.5 Å². The van der Waals surface area contributed by atoms with Gasteiger partial charge in [0.1, 0.15) is 11.6 Å². The fourth-order valence-corrected chi connectivity index (χ4v) is 4.07. The molecule has 7 nitrogen and oxygen atoms in total. The van der Waals surface area contributed by atoms with E-state index in [1.54, 1.807) is 31.3 Å². The van der Waals surface area contributed by atoms with E-state index in [0.717, 1.165) is 16.9 Å². The van der Waals surface area contributed by atoms with Gasteiger partial charge in [0.15, 0.2) is 5.78 Å². The standard InChI is InChI=1S/C26H22FN5O2/c1-15-7-8-17(27)12-19(15)26(34)32-22-11-16(9-10-29-22)24-25(30-18-5-3-2-4-6-18)23-20(31-24)13-28-14-21(23)33/h2-12,28,30-31H,13-14H2,1H3,(H,29,32,34). The summed E-state index contributed by atoms with van der Waals surface area (Å²) in [7, 11) is 0. The average molecular weight is 455 g/mol. The maximum atomic E-state index is 13.7. The van der Waals surface area contributed by atoms with Gasteiger partial charge in [0.05, 0.1) is 23.5 Å². The molecule has 170 valence electrons. The number of carbonyl (C=O) groups is 2. The van der Waals surface area contributed by atoms with Crippen LogP contribution in [0.1, 0.15) is 32.0 Å². The Morgan fingerprint density at radius 2 is 1.88 bits per heavy atom. The van der Waals surface area contributed by atoms with Crippen LogP contribution in [0.4, 0.5) is 21.6 Å². The summed E-state index contributed by atoms with van der Waals surface area (Å²) in [6, 6.07) is 17.2. The first-order valence-corrected chi connectivity index (χ1v) is 10.8. The number of hydrogen-bond donors (Lipinski definition) is 4. The number of halogens is 1. The Kier molecular flexibility index (Phi) is 5.65. The van der Waals surface area contributed by atoms with Crippen molar-refractivity contribution < 1.29 is 14.0 Å². The Balaban J connectivity index is 1.52. The molecule has 4 aromatic rings. The highest BCUT2D eigenvalue weighted by Gasteiger charge is 2.27. The monoisotopic (exact) mass is 455 g/mol. The maximum absolute atomic E-state index is 13.7. The molecule has 0 unspecified atom stereocenters. The number of hydrogen-bond acceptors (Lipinski definition) is 5. The molecular formula is C26H22FN5O2. The summed E-state index contributed by atoms with van der Waals surface area (Å²) in [5, 5.41) is 9.23. The van der Waals surface area contributed by atoms with Crippen molar-refractivity contribution in [3.63, 3.8) is 0 Å². The van der Waals surface area contributed by atoms with Crippen LogP contribution in [0.2, 0.25) is 0 Å². The number of H-pyrrole nitrogens is 1. The number of benzene rings is 2. The summed E-state index contributed by atoms with van der Waals surface area (Å²) < 4.78 is 13.7. The third-order valence-electron chi connectivity index (χ3n) is 5.72. The lowest BCUT2D eigenvalue weighted by atomic mass is 10.0. The van der Waals surface area contributed by atoms with Crippen LogP contribution in [0.25, 0.3) is 11.3 Å². The van der Waals surface area contributed by atoms with Gasteiger partial charge in [-0.2, -0.15) is 0 Å². The number of aromatic nitrogens is 2. The van der Waals surface area contributed by atoms with Crippen LogP contribution in [0.15, 0.2) is 66.9 Å². The second kappa shape index (κ2) is 8.92. The molecule has 2 aromatic carbocycles. The van der Waals surface area contributed by atoms with E-state index < -0.39 is 11.7 Å². The highest BCUT2D eigenvalue weighted by Crippen LogP contribution is 2.37. The summed E-state index contributed by atoms with van der Waals surface area (Å²) in [6.07, 6.45) is 1.58. The third kappa shape index (κ3) is 4.18. The number of rotatable bonds is 5. The number of ketones is 1. The normalized spacial score (nSPS) is 12.8. The van der Waals surface area contributed by atoms with E-state index in [-0.39, 0.29) is 17.9 Å². The van der Waals surface area contributed by atoms with Crippen molar-refractivity contribution in [3.8, 4) is 11.3 Å². The largest absolute Gasteiger partial charge is 0.355 e. The average Bonchev–Trinajstić information content (AvgIpc) is 3.21. The zero-order valence-electron chi connectivity index (χ0n) is 18.4. The summed E-state index contributed by atoms with van der Waals surface area (Å²) >= 11 is 0. The number of nitrogens with zero attached hydrogens (tertiary/aromatic N) is 1. The first-order valence-electron chi connectivity index (χ1n) is 10.8. The second-order valence-electron chi connectivity index (χ2n) is 8.09. The molecule has 0 atom stereocenters. The molecular weight excluding hydrogens is 433 g/mol. The molecule has 0 fully saturated rings. The number of nitrogens with one attached hydrogen (secondary N) is 4.